The van der Waals surface area contributed by atoms with Crippen LogP contribution in [0.15, 0.2) is 18.2 Å². The Morgan fingerprint density at radius 2 is 2.17 bits per heavy atom. The van der Waals surface area contributed by atoms with Crippen LogP contribution >= 0.6 is 11.6 Å². The van der Waals surface area contributed by atoms with E-state index < -0.39 is 0 Å². The fourth-order valence-electron chi connectivity index (χ4n) is 2.49. The number of hydrogen-bond donors (Lipinski definition) is 1. The first-order valence-corrected chi connectivity index (χ1v) is 6.75. The highest BCUT2D eigenvalue weighted by molar-refractivity contribution is 6.30. The Morgan fingerprint density at radius 3 is 2.67 bits per heavy atom. The highest BCUT2D eigenvalue weighted by atomic mass is 35.5. The molecule has 0 aliphatic heterocycles. The quantitative estimate of drug-likeness (QED) is 0.891. The zero-order chi connectivity index (χ0) is 13.3. The van der Waals surface area contributed by atoms with E-state index in [0.717, 1.165) is 23.9 Å². The van der Waals surface area contributed by atoms with Gasteiger partial charge in [-0.2, -0.15) is 0 Å². The molecule has 2 nitrogen and oxygen atoms in total. The monoisotopic (exact) mass is 270 g/mol. The van der Waals surface area contributed by atoms with E-state index in [2.05, 4.69) is 11.8 Å². The largest absolute Gasteiger partial charge is 0.329 e. The molecule has 1 saturated carbocycles. The van der Waals surface area contributed by atoms with Crippen molar-refractivity contribution in [2.75, 3.05) is 20.1 Å². The van der Waals surface area contributed by atoms with Crippen LogP contribution in [0.5, 0.6) is 0 Å². The van der Waals surface area contributed by atoms with Crippen molar-refractivity contribution in [3.05, 3.63) is 34.6 Å². The fraction of sp³-hybridized carbons (Fsp3) is 0.571. The van der Waals surface area contributed by atoms with Crippen LogP contribution in [0.2, 0.25) is 5.02 Å². The van der Waals surface area contributed by atoms with Crippen LogP contribution in [0.3, 0.4) is 0 Å². The topological polar surface area (TPSA) is 29.3 Å². The van der Waals surface area contributed by atoms with Gasteiger partial charge in [0.2, 0.25) is 0 Å². The molecule has 3 atom stereocenters. The van der Waals surface area contributed by atoms with Gasteiger partial charge in [0, 0.05) is 24.2 Å². The number of likely N-dealkylation sites (N-methyl/N-ethyl adjacent to an activating group) is 1. The second kappa shape index (κ2) is 5.55. The first-order chi connectivity index (χ1) is 8.51. The molecule has 0 spiro atoms. The van der Waals surface area contributed by atoms with Crippen molar-refractivity contribution >= 4 is 11.6 Å². The third-order valence-electron chi connectivity index (χ3n) is 3.82. The smallest absolute Gasteiger partial charge is 0.125 e. The van der Waals surface area contributed by atoms with Gasteiger partial charge in [-0.1, -0.05) is 18.5 Å². The molecule has 0 aromatic heterocycles. The van der Waals surface area contributed by atoms with Gasteiger partial charge in [-0.25, -0.2) is 4.39 Å². The van der Waals surface area contributed by atoms with E-state index in [4.69, 9.17) is 17.3 Å². The molecule has 3 unspecified atom stereocenters. The molecule has 0 heterocycles. The van der Waals surface area contributed by atoms with Gasteiger partial charge in [0.05, 0.1) is 0 Å². The van der Waals surface area contributed by atoms with Gasteiger partial charge in [0.25, 0.3) is 0 Å². The zero-order valence-electron chi connectivity index (χ0n) is 10.9. The predicted octanol–water partition coefficient (Wildman–Crippen LogP) is 3.07. The lowest BCUT2D eigenvalue weighted by Crippen LogP contribution is -2.32. The zero-order valence-corrected chi connectivity index (χ0v) is 11.6. The summed E-state index contributed by atoms with van der Waals surface area (Å²) in [6, 6.07) is 4.68. The Kier molecular flexibility index (Phi) is 4.25. The Hall–Kier alpha value is -0.640. The summed E-state index contributed by atoms with van der Waals surface area (Å²) in [5.41, 5.74) is 6.69. The first kappa shape index (κ1) is 13.8. The Labute approximate surface area is 113 Å². The van der Waals surface area contributed by atoms with Crippen LogP contribution in [0.1, 0.15) is 24.9 Å². The molecule has 18 heavy (non-hydrogen) atoms. The van der Waals surface area contributed by atoms with Crippen LogP contribution in [0, 0.1) is 17.7 Å². The van der Waals surface area contributed by atoms with Crippen LogP contribution < -0.4 is 5.73 Å². The van der Waals surface area contributed by atoms with Crippen molar-refractivity contribution in [1.82, 2.24) is 4.90 Å². The first-order valence-electron chi connectivity index (χ1n) is 6.37. The standard InChI is InChI=1S/C14H20ClFN2/c1-9-3-11(9)8-18(2)14(7-17)10-4-12(15)6-13(16)5-10/h4-6,9,11,14H,3,7-8,17H2,1-2H3. The van der Waals surface area contributed by atoms with E-state index in [9.17, 15) is 4.39 Å². The normalized spacial score (nSPS) is 24.3. The average Bonchev–Trinajstić information content (AvgIpc) is 2.93. The molecule has 1 aromatic rings. The van der Waals surface area contributed by atoms with E-state index >= 15 is 0 Å². The maximum atomic E-state index is 13.4. The molecule has 100 valence electrons. The number of nitrogens with two attached hydrogens (primary N) is 1. The van der Waals surface area contributed by atoms with Crippen LogP contribution in [-0.4, -0.2) is 25.0 Å². The van der Waals surface area contributed by atoms with E-state index in [1.54, 1.807) is 6.07 Å². The summed E-state index contributed by atoms with van der Waals surface area (Å²) < 4.78 is 13.4. The number of benzene rings is 1. The molecule has 0 radical (unpaired) electrons. The minimum Gasteiger partial charge on any atom is -0.329 e. The predicted molar refractivity (Wildman–Crippen MR) is 73.1 cm³/mol. The molecule has 0 saturated heterocycles. The summed E-state index contributed by atoms with van der Waals surface area (Å²) in [5.74, 6) is 1.26. The number of rotatable bonds is 5. The molecule has 1 aliphatic carbocycles. The van der Waals surface area contributed by atoms with E-state index in [1.807, 2.05) is 7.05 Å². The Morgan fingerprint density at radius 1 is 1.50 bits per heavy atom. The third kappa shape index (κ3) is 3.22. The Balaban J connectivity index is 2.11. The lowest BCUT2D eigenvalue weighted by Gasteiger charge is -2.27. The minimum absolute atomic E-state index is 0.0333. The summed E-state index contributed by atoms with van der Waals surface area (Å²) >= 11 is 5.90. The molecule has 1 aliphatic rings. The molecule has 0 bridgehead atoms. The van der Waals surface area contributed by atoms with Gasteiger partial charge in [0.1, 0.15) is 5.82 Å². The van der Waals surface area contributed by atoms with Crippen molar-refractivity contribution in [3.63, 3.8) is 0 Å². The van der Waals surface area contributed by atoms with Crippen molar-refractivity contribution in [2.45, 2.75) is 19.4 Å². The average molecular weight is 271 g/mol. The van der Waals surface area contributed by atoms with Gasteiger partial charge in [-0.3, -0.25) is 4.90 Å². The van der Waals surface area contributed by atoms with E-state index in [0.29, 0.717) is 11.6 Å². The molecular formula is C14H20ClFN2. The second-order valence-corrected chi connectivity index (χ2v) is 5.80. The van der Waals surface area contributed by atoms with Gasteiger partial charge < -0.3 is 5.73 Å². The van der Waals surface area contributed by atoms with E-state index in [-0.39, 0.29) is 11.9 Å². The maximum absolute atomic E-state index is 13.4. The Bertz CT molecular complexity index is 404. The van der Waals surface area contributed by atoms with Crippen molar-refractivity contribution in [2.24, 2.45) is 17.6 Å². The van der Waals surface area contributed by atoms with E-state index in [1.165, 1.54) is 18.6 Å². The number of halogens is 2. The van der Waals surface area contributed by atoms with Crippen LogP contribution in [0.25, 0.3) is 0 Å². The number of nitrogens with zero attached hydrogens (tertiary/aromatic N) is 1. The third-order valence-corrected chi connectivity index (χ3v) is 4.04. The summed E-state index contributed by atoms with van der Waals surface area (Å²) in [6.07, 6.45) is 1.28. The highest BCUT2D eigenvalue weighted by Gasteiger charge is 2.34. The van der Waals surface area contributed by atoms with Gasteiger partial charge in [-0.15, -0.1) is 0 Å². The molecule has 2 rings (SSSR count). The summed E-state index contributed by atoms with van der Waals surface area (Å²) in [6.45, 7) is 3.74. The van der Waals surface area contributed by atoms with Crippen molar-refractivity contribution < 1.29 is 4.39 Å². The molecule has 1 fully saturated rings. The molecule has 0 amide bonds. The molecule has 1 aromatic carbocycles. The highest BCUT2D eigenvalue weighted by Crippen LogP contribution is 2.39. The van der Waals surface area contributed by atoms with Crippen molar-refractivity contribution in [3.8, 4) is 0 Å². The van der Waals surface area contributed by atoms with Gasteiger partial charge in [-0.05, 0) is 49.1 Å². The molecular weight excluding hydrogens is 251 g/mol. The molecule has 2 N–H and O–H groups in total. The SMILES string of the molecule is CC1CC1CN(C)C(CN)c1cc(F)cc(Cl)c1. The van der Waals surface area contributed by atoms with Gasteiger partial charge >= 0.3 is 0 Å². The summed E-state index contributed by atoms with van der Waals surface area (Å²) in [4.78, 5) is 2.21. The van der Waals surface area contributed by atoms with Gasteiger partial charge in [0.15, 0.2) is 0 Å². The second-order valence-electron chi connectivity index (χ2n) is 5.37. The van der Waals surface area contributed by atoms with Crippen LogP contribution in [-0.2, 0) is 0 Å². The lowest BCUT2D eigenvalue weighted by atomic mass is 10.1. The summed E-state index contributed by atoms with van der Waals surface area (Å²) in [7, 11) is 2.04. The van der Waals surface area contributed by atoms with Crippen molar-refractivity contribution in [1.29, 1.82) is 0 Å². The number of hydrogen-bond acceptors (Lipinski definition) is 2. The molecule has 4 heteroatoms. The maximum Gasteiger partial charge on any atom is 0.125 e. The van der Waals surface area contributed by atoms with Crippen LogP contribution in [0.4, 0.5) is 4.39 Å². The fourth-order valence-corrected chi connectivity index (χ4v) is 2.72. The summed E-state index contributed by atoms with van der Waals surface area (Å²) in [5, 5.41) is 0.427. The minimum atomic E-state index is -0.302. The lowest BCUT2D eigenvalue weighted by molar-refractivity contribution is 0.236.